The van der Waals surface area contributed by atoms with Gasteiger partial charge in [0.15, 0.2) is 5.17 Å². The van der Waals surface area contributed by atoms with Gasteiger partial charge < -0.3 is 0 Å². The van der Waals surface area contributed by atoms with Crippen molar-refractivity contribution in [3.63, 3.8) is 0 Å². The molecule has 0 spiro atoms. The third-order valence-electron chi connectivity index (χ3n) is 3.81. The van der Waals surface area contributed by atoms with Crippen molar-refractivity contribution in [2.24, 2.45) is 4.99 Å². The third-order valence-corrected chi connectivity index (χ3v) is 5.49. The fraction of sp³-hybridized carbons (Fsp3) is 0.150. The van der Waals surface area contributed by atoms with Gasteiger partial charge in [0.25, 0.3) is 5.91 Å². The molecule has 136 valence electrons. The van der Waals surface area contributed by atoms with E-state index in [1.54, 1.807) is 29.2 Å². The summed E-state index contributed by atoms with van der Waals surface area (Å²) >= 11 is 13.4. The SMILES string of the molecule is Cc1ccc(N2C(=O)/C(=C\c3ccc(Cl)c(Cl)c3)N=C2SCCC#N)cc1. The first kappa shape index (κ1) is 19.5. The summed E-state index contributed by atoms with van der Waals surface area (Å²) in [5, 5.41) is 10.2. The Morgan fingerprint density at radius 2 is 1.93 bits per heavy atom. The molecule has 0 bridgehead atoms. The molecule has 1 amide bonds. The highest BCUT2D eigenvalue weighted by atomic mass is 35.5. The molecule has 0 unspecified atom stereocenters. The quantitative estimate of drug-likeness (QED) is 0.475. The number of amidine groups is 1. The number of thioether (sulfide) groups is 1. The summed E-state index contributed by atoms with van der Waals surface area (Å²) in [4.78, 5) is 19.1. The molecule has 0 aromatic heterocycles. The molecule has 2 aromatic rings. The molecule has 0 aliphatic carbocycles. The molecule has 1 aliphatic rings. The number of amides is 1. The van der Waals surface area contributed by atoms with Crippen molar-refractivity contribution in [3.05, 3.63) is 69.3 Å². The molecule has 0 atom stereocenters. The van der Waals surface area contributed by atoms with Gasteiger partial charge in [0.2, 0.25) is 0 Å². The summed E-state index contributed by atoms with van der Waals surface area (Å²) in [5.74, 6) is 0.342. The molecule has 0 radical (unpaired) electrons. The highest BCUT2D eigenvalue weighted by molar-refractivity contribution is 8.14. The zero-order chi connectivity index (χ0) is 19.4. The Morgan fingerprint density at radius 1 is 1.19 bits per heavy atom. The van der Waals surface area contributed by atoms with E-state index in [1.165, 1.54) is 11.8 Å². The van der Waals surface area contributed by atoms with Gasteiger partial charge in [-0.2, -0.15) is 5.26 Å². The Morgan fingerprint density at radius 3 is 2.59 bits per heavy atom. The fourth-order valence-corrected chi connectivity index (χ4v) is 3.63. The lowest BCUT2D eigenvalue weighted by molar-refractivity contribution is -0.113. The summed E-state index contributed by atoms with van der Waals surface area (Å²) in [7, 11) is 0. The Labute approximate surface area is 172 Å². The van der Waals surface area contributed by atoms with Gasteiger partial charge in [-0.25, -0.2) is 4.99 Å². The number of halogens is 2. The van der Waals surface area contributed by atoms with Crippen LogP contribution in [0.2, 0.25) is 10.0 Å². The van der Waals surface area contributed by atoms with Gasteiger partial charge in [0, 0.05) is 12.2 Å². The number of rotatable bonds is 4. The number of nitrogens with zero attached hydrogens (tertiary/aromatic N) is 3. The standard InChI is InChI=1S/C20H15Cl2N3OS/c1-13-3-6-15(7-4-13)25-19(26)18(24-20(25)27-10-2-9-23)12-14-5-8-16(21)17(22)11-14/h3-8,11-12H,2,10H2,1H3/b18-12+. The molecule has 4 nitrogen and oxygen atoms in total. The van der Waals surface area contributed by atoms with E-state index in [2.05, 4.69) is 11.1 Å². The molecule has 1 heterocycles. The first-order valence-corrected chi connectivity index (χ1v) is 9.90. The largest absolute Gasteiger partial charge is 0.283 e. The molecule has 0 N–H and O–H groups in total. The van der Waals surface area contributed by atoms with E-state index in [4.69, 9.17) is 28.5 Å². The number of aryl methyl sites for hydroxylation is 1. The maximum absolute atomic E-state index is 13.0. The minimum atomic E-state index is -0.218. The van der Waals surface area contributed by atoms with Crippen molar-refractivity contribution in [1.29, 1.82) is 5.26 Å². The molecule has 2 aromatic carbocycles. The predicted octanol–water partition coefficient (Wildman–Crippen LogP) is 5.69. The topological polar surface area (TPSA) is 56.5 Å². The Hall–Kier alpha value is -2.26. The van der Waals surface area contributed by atoms with E-state index in [0.717, 1.165) is 16.8 Å². The molecule has 3 rings (SSSR count). The minimum Gasteiger partial charge on any atom is -0.266 e. The van der Waals surface area contributed by atoms with Crippen LogP contribution < -0.4 is 4.90 Å². The second-order valence-electron chi connectivity index (χ2n) is 5.83. The number of carbonyl (C=O) groups excluding carboxylic acids is 1. The number of hydrogen-bond acceptors (Lipinski definition) is 4. The fourth-order valence-electron chi connectivity index (χ4n) is 2.46. The number of anilines is 1. The van der Waals surface area contributed by atoms with E-state index < -0.39 is 0 Å². The Balaban J connectivity index is 1.96. The van der Waals surface area contributed by atoms with Crippen LogP contribution in [0.3, 0.4) is 0 Å². The second-order valence-corrected chi connectivity index (χ2v) is 7.71. The van der Waals surface area contributed by atoms with Crippen molar-refractivity contribution in [1.82, 2.24) is 0 Å². The molecule has 7 heteroatoms. The molecule has 1 aliphatic heterocycles. The smallest absolute Gasteiger partial charge is 0.266 e. The second kappa shape index (κ2) is 8.62. The van der Waals surface area contributed by atoms with Gasteiger partial charge in [-0.05, 0) is 42.8 Å². The van der Waals surface area contributed by atoms with E-state index in [1.807, 2.05) is 31.2 Å². The summed E-state index contributed by atoms with van der Waals surface area (Å²) in [5.41, 5.74) is 2.90. The summed E-state index contributed by atoms with van der Waals surface area (Å²) in [6.07, 6.45) is 2.06. The molecule has 0 saturated carbocycles. The lowest BCUT2D eigenvalue weighted by atomic mass is 10.2. The van der Waals surface area contributed by atoms with E-state index in [9.17, 15) is 4.79 Å². The summed E-state index contributed by atoms with van der Waals surface area (Å²) < 4.78 is 0. The van der Waals surface area contributed by atoms with Crippen LogP contribution in [-0.4, -0.2) is 16.8 Å². The van der Waals surface area contributed by atoms with Crippen molar-refractivity contribution in [2.75, 3.05) is 10.7 Å². The van der Waals surface area contributed by atoms with E-state index >= 15 is 0 Å². The average molecular weight is 416 g/mol. The van der Waals surface area contributed by atoms with Crippen molar-refractivity contribution in [3.8, 4) is 6.07 Å². The zero-order valence-corrected chi connectivity index (χ0v) is 16.8. The van der Waals surface area contributed by atoms with Gasteiger partial charge in [-0.3, -0.25) is 9.69 Å². The first-order chi connectivity index (χ1) is 13.0. The average Bonchev–Trinajstić information content (AvgIpc) is 2.95. The van der Waals surface area contributed by atoms with E-state index in [0.29, 0.717) is 33.1 Å². The molecular formula is C20H15Cl2N3OS. The van der Waals surface area contributed by atoms with Crippen LogP contribution in [0.4, 0.5) is 5.69 Å². The van der Waals surface area contributed by atoms with Crippen LogP contribution in [0.15, 0.2) is 53.2 Å². The number of aliphatic imine (C=N–C) groups is 1. The van der Waals surface area contributed by atoms with Crippen LogP contribution in [0.25, 0.3) is 6.08 Å². The normalized spacial score (nSPS) is 15.2. The van der Waals surface area contributed by atoms with Gasteiger partial charge >= 0.3 is 0 Å². The van der Waals surface area contributed by atoms with Gasteiger partial charge in [0.1, 0.15) is 5.70 Å². The molecule has 0 fully saturated rings. The van der Waals surface area contributed by atoms with Gasteiger partial charge in [0.05, 0.1) is 21.8 Å². The number of hydrogen-bond donors (Lipinski definition) is 0. The van der Waals surface area contributed by atoms with Crippen LogP contribution in [-0.2, 0) is 4.79 Å². The van der Waals surface area contributed by atoms with Crippen LogP contribution >= 0.6 is 35.0 Å². The van der Waals surface area contributed by atoms with Gasteiger partial charge in [-0.1, -0.05) is 58.7 Å². The summed E-state index contributed by atoms with van der Waals surface area (Å²) in [6, 6.07) is 14.9. The van der Waals surface area contributed by atoms with Crippen molar-refractivity contribution < 1.29 is 4.79 Å². The lowest BCUT2D eigenvalue weighted by Crippen LogP contribution is -2.30. The maximum atomic E-state index is 13.0. The Kier molecular flexibility index (Phi) is 6.22. The predicted molar refractivity (Wildman–Crippen MR) is 113 cm³/mol. The minimum absolute atomic E-state index is 0.218. The molecular weight excluding hydrogens is 401 g/mol. The first-order valence-electron chi connectivity index (χ1n) is 8.16. The molecule has 27 heavy (non-hydrogen) atoms. The number of carbonyl (C=O) groups is 1. The van der Waals surface area contributed by atoms with Gasteiger partial charge in [-0.15, -0.1) is 0 Å². The highest BCUT2D eigenvalue weighted by Crippen LogP contribution is 2.31. The van der Waals surface area contributed by atoms with E-state index in [-0.39, 0.29) is 5.91 Å². The van der Waals surface area contributed by atoms with Crippen LogP contribution in [0.5, 0.6) is 0 Å². The third kappa shape index (κ3) is 4.54. The Bertz CT molecular complexity index is 978. The zero-order valence-electron chi connectivity index (χ0n) is 14.4. The maximum Gasteiger partial charge on any atom is 0.283 e. The number of benzene rings is 2. The number of nitriles is 1. The van der Waals surface area contributed by atoms with Crippen molar-refractivity contribution >= 4 is 57.8 Å². The monoisotopic (exact) mass is 415 g/mol. The van der Waals surface area contributed by atoms with Crippen molar-refractivity contribution in [2.45, 2.75) is 13.3 Å². The van der Waals surface area contributed by atoms with Crippen LogP contribution in [0, 0.1) is 18.3 Å². The highest BCUT2D eigenvalue weighted by Gasteiger charge is 2.31. The molecule has 0 saturated heterocycles. The summed E-state index contributed by atoms with van der Waals surface area (Å²) in [6.45, 7) is 1.99. The van der Waals surface area contributed by atoms with Crippen LogP contribution in [0.1, 0.15) is 17.5 Å². The lowest BCUT2D eigenvalue weighted by Gasteiger charge is -2.17.